The SMILES string of the molecule is CN1NCc2[nH]c(=O)[nH]c(=O)c21. The van der Waals surface area contributed by atoms with E-state index in [1.54, 1.807) is 12.1 Å². The maximum Gasteiger partial charge on any atom is 0.326 e. The molecule has 0 aromatic carbocycles. The molecule has 0 bridgehead atoms. The first-order chi connectivity index (χ1) is 5.68. The second kappa shape index (κ2) is 2.21. The lowest BCUT2D eigenvalue weighted by Crippen LogP contribution is -2.32. The summed E-state index contributed by atoms with van der Waals surface area (Å²) in [7, 11) is 1.72. The highest BCUT2D eigenvalue weighted by molar-refractivity contribution is 5.49. The lowest BCUT2D eigenvalue weighted by Gasteiger charge is -2.08. The Morgan fingerprint density at radius 2 is 2.08 bits per heavy atom. The number of hydrogen-bond acceptors (Lipinski definition) is 4. The summed E-state index contributed by atoms with van der Waals surface area (Å²) >= 11 is 0. The molecule has 2 heterocycles. The predicted molar refractivity (Wildman–Crippen MR) is 42.9 cm³/mol. The number of aromatic amines is 2. The van der Waals surface area contributed by atoms with E-state index in [4.69, 9.17) is 0 Å². The molecule has 0 saturated heterocycles. The molecule has 1 aliphatic rings. The average Bonchev–Trinajstić information content (AvgIpc) is 2.31. The first kappa shape index (κ1) is 7.11. The zero-order valence-corrected chi connectivity index (χ0v) is 6.47. The van der Waals surface area contributed by atoms with Crippen LogP contribution in [0.3, 0.4) is 0 Å². The van der Waals surface area contributed by atoms with Crippen LogP contribution in [-0.4, -0.2) is 17.0 Å². The summed E-state index contributed by atoms with van der Waals surface area (Å²) in [6, 6.07) is 0. The van der Waals surface area contributed by atoms with Crippen molar-refractivity contribution in [3.63, 3.8) is 0 Å². The number of aromatic nitrogens is 2. The molecule has 3 N–H and O–H groups in total. The number of anilines is 1. The van der Waals surface area contributed by atoms with Gasteiger partial charge in [-0.2, -0.15) is 0 Å². The van der Waals surface area contributed by atoms with E-state index in [-0.39, 0.29) is 5.56 Å². The highest BCUT2D eigenvalue weighted by atomic mass is 16.2. The lowest BCUT2D eigenvalue weighted by molar-refractivity contribution is 0.727. The molecule has 1 aliphatic heterocycles. The van der Waals surface area contributed by atoms with Crippen molar-refractivity contribution in [1.82, 2.24) is 15.4 Å². The number of nitrogens with one attached hydrogen (secondary N) is 3. The second-order valence-corrected chi connectivity index (χ2v) is 2.63. The predicted octanol–water partition coefficient (Wildman–Crippen LogP) is -1.48. The minimum atomic E-state index is -0.462. The molecule has 1 aromatic heterocycles. The Kier molecular flexibility index (Phi) is 1.31. The molecule has 0 spiro atoms. The van der Waals surface area contributed by atoms with E-state index >= 15 is 0 Å². The molecular formula is C6H8N4O2. The van der Waals surface area contributed by atoms with Gasteiger partial charge in [-0.25, -0.2) is 10.2 Å². The van der Waals surface area contributed by atoms with Crippen molar-refractivity contribution in [3.05, 3.63) is 26.5 Å². The van der Waals surface area contributed by atoms with E-state index in [0.29, 0.717) is 17.9 Å². The maximum atomic E-state index is 11.2. The Hall–Kier alpha value is -1.56. The fourth-order valence-electron chi connectivity index (χ4n) is 1.29. The summed E-state index contributed by atoms with van der Waals surface area (Å²) in [6.07, 6.45) is 0. The summed E-state index contributed by atoms with van der Waals surface area (Å²) in [5.74, 6) is 0. The van der Waals surface area contributed by atoms with Crippen molar-refractivity contribution >= 4 is 5.69 Å². The molecule has 0 aliphatic carbocycles. The number of nitrogens with zero attached hydrogens (tertiary/aromatic N) is 1. The van der Waals surface area contributed by atoms with Gasteiger partial charge in [0.15, 0.2) is 0 Å². The molecule has 12 heavy (non-hydrogen) atoms. The summed E-state index contributed by atoms with van der Waals surface area (Å²) in [4.78, 5) is 26.7. The summed E-state index contributed by atoms with van der Waals surface area (Å²) in [5.41, 5.74) is 3.19. The summed E-state index contributed by atoms with van der Waals surface area (Å²) in [6.45, 7) is 0.491. The minimum Gasteiger partial charge on any atom is -0.308 e. The van der Waals surface area contributed by atoms with E-state index < -0.39 is 5.69 Å². The van der Waals surface area contributed by atoms with Crippen molar-refractivity contribution in [2.45, 2.75) is 6.54 Å². The molecule has 0 radical (unpaired) electrons. The van der Waals surface area contributed by atoms with Gasteiger partial charge >= 0.3 is 5.69 Å². The van der Waals surface area contributed by atoms with Gasteiger partial charge in [0.05, 0.1) is 12.2 Å². The van der Waals surface area contributed by atoms with Crippen LogP contribution in [0.15, 0.2) is 9.59 Å². The number of rotatable bonds is 0. The second-order valence-electron chi connectivity index (χ2n) is 2.63. The molecular weight excluding hydrogens is 160 g/mol. The Labute approximate surface area is 67.2 Å². The van der Waals surface area contributed by atoms with Crippen LogP contribution in [-0.2, 0) is 6.54 Å². The van der Waals surface area contributed by atoms with Crippen molar-refractivity contribution < 1.29 is 0 Å². The lowest BCUT2D eigenvalue weighted by atomic mass is 10.4. The van der Waals surface area contributed by atoms with Gasteiger partial charge < -0.3 is 9.99 Å². The van der Waals surface area contributed by atoms with Crippen molar-refractivity contribution in [2.75, 3.05) is 12.1 Å². The fourth-order valence-corrected chi connectivity index (χ4v) is 1.29. The average molecular weight is 168 g/mol. The first-order valence-corrected chi connectivity index (χ1v) is 3.51. The Morgan fingerprint density at radius 1 is 1.33 bits per heavy atom. The normalized spacial score (nSPS) is 14.9. The summed E-state index contributed by atoms with van der Waals surface area (Å²) in [5, 5.41) is 1.59. The van der Waals surface area contributed by atoms with Crippen LogP contribution in [0, 0.1) is 0 Å². The highest BCUT2D eigenvalue weighted by Crippen LogP contribution is 2.13. The third-order valence-electron chi connectivity index (χ3n) is 1.82. The zero-order chi connectivity index (χ0) is 8.72. The van der Waals surface area contributed by atoms with Gasteiger partial charge in [-0.05, 0) is 0 Å². The van der Waals surface area contributed by atoms with E-state index in [0.717, 1.165) is 0 Å². The van der Waals surface area contributed by atoms with Crippen LogP contribution in [0.1, 0.15) is 5.69 Å². The molecule has 0 saturated carbocycles. The van der Waals surface area contributed by atoms with Crippen LogP contribution in [0.2, 0.25) is 0 Å². The van der Waals surface area contributed by atoms with Crippen molar-refractivity contribution in [3.8, 4) is 0 Å². The van der Waals surface area contributed by atoms with E-state index in [1.807, 2.05) is 0 Å². The largest absolute Gasteiger partial charge is 0.326 e. The zero-order valence-electron chi connectivity index (χ0n) is 6.47. The van der Waals surface area contributed by atoms with Crippen molar-refractivity contribution in [2.24, 2.45) is 0 Å². The fraction of sp³-hybridized carbons (Fsp3) is 0.333. The molecule has 0 fully saturated rings. The first-order valence-electron chi connectivity index (χ1n) is 3.51. The van der Waals surface area contributed by atoms with Gasteiger partial charge in [0.1, 0.15) is 5.69 Å². The van der Waals surface area contributed by atoms with Crippen LogP contribution in [0.4, 0.5) is 5.69 Å². The van der Waals surface area contributed by atoms with E-state index in [9.17, 15) is 9.59 Å². The number of hydrogen-bond donors (Lipinski definition) is 3. The molecule has 6 heteroatoms. The third kappa shape index (κ3) is 0.850. The Morgan fingerprint density at radius 3 is 2.83 bits per heavy atom. The molecule has 0 unspecified atom stereocenters. The Balaban J connectivity index is 2.77. The summed E-state index contributed by atoms with van der Waals surface area (Å²) < 4.78 is 0. The number of fused-ring (bicyclic) bond motifs is 1. The van der Waals surface area contributed by atoms with Crippen LogP contribution >= 0.6 is 0 Å². The minimum absolute atomic E-state index is 0.360. The topological polar surface area (TPSA) is 81.0 Å². The third-order valence-corrected chi connectivity index (χ3v) is 1.82. The molecule has 64 valence electrons. The van der Waals surface area contributed by atoms with Crippen LogP contribution in [0.5, 0.6) is 0 Å². The molecule has 0 amide bonds. The molecule has 2 rings (SSSR count). The quantitative estimate of drug-likeness (QED) is 0.441. The van der Waals surface area contributed by atoms with Gasteiger partial charge in [-0.3, -0.25) is 9.78 Å². The molecule has 1 aromatic rings. The molecule has 6 nitrogen and oxygen atoms in total. The van der Waals surface area contributed by atoms with Crippen molar-refractivity contribution in [1.29, 1.82) is 0 Å². The highest BCUT2D eigenvalue weighted by Gasteiger charge is 2.19. The smallest absolute Gasteiger partial charge is 0.308 e. The van der Waals surface area contributed by atoms with Gasteiger partial charge in [0.2, 0.25) is 0 Å². The van der Waals surface area contributed by atoms with Gasteiger partial charge in [0.25, 0.3) is 5.56 Å². The van der Waals surface area contributed by atoms with E-state index in [2.05, 4.69) is 15.4 Å². The monoisotopic (exact) mass is 168 g/mol. The maximum absolute atomic E-state index is 11.2. The standard InChI is InChI=1S/C6H8N4O2/c1-10-4-3(2-7-10)8-6(12)9-5(4)11/h7H,2H2,1H3,(H2,8,9,11,12). The molecule has 0 atom stereocenters. The van der Waals surface area contributed by atoms with Gasteiger partial charge in [-0.15, -0.1) is 0 Å². The van der Waals surface area contributed by atoms with E-state index in [1.165, 1.54) is 0 Å². The number of H-pyrrole nitrogens is 2. The van der Waals surface area contributed by atoms with Gasteiger partial charge in [-0.1, -0.05) is 0 Å². The van der Waals surface area contributed by atoms with Crippen LogP contribution < -0.4 is 21.7 Å². The van der Waals surface area contributed by atoms with Gasteiger partial charge in [0, 0.05) is 7.05 Å². The van der Waals surface area contributed by atoms with Crippen LogP contribution in [0.25, 0.3) is 0 Å². The number of hydrazine groups is 1. The Bertz CT molecular complexity index is 418.